The van der Waals surface area contributed by atoms with Gasteiger partial charge in [0.1, 0.15) is 5.69 Å². The SMILES string of the molecule is O=C(O)c1ccc(C(=O)O)nc1.[Ag].[Ag]. The number of carbonyl (C=O) groups is 2. The van der Waals surface area contributed by atoms with Crippen molar-refractivity contribution in [1.82, 2.24) is 4.98 Å². The van der Waals surface area contributed by atoms with Gasteiger partial charge < -0.3 is 10.2 Å². The minimum atomic E-state index is -1.17. The van der Waals surface area contributed by atoms with Crippen LogP contribution in [-0.4, -0.2) is 27.1 Å². The van der Waals surface area contributed by atoms with Gasteiger partial charge in [-0.3, -0.25) is 0 Å². The van der Waals surface area contributed by atoms with Gasteiger partial charge in [0.2, 0.25) is 0 Å². The summed E-state index contributed by atoms with van der Waals surface area (Å²) in [5.41, 5.74) is -0.194. The summed E-state index contributed by atoms with van der Waals surface area (Å²) >= 11 is 0. The molecule has 1 heterocycles. The molecule has 1 rings (SSSR count). The first-order valence-electron chi connectivity index (χ1n) is 3.04. The first-order valence-corrected chi connectivity index (χ1v) is 3.04. The van der Waals surface area contributed by atoms with E-state index >= 15 is 0 Å². The molecule has 1 aromatic rings. The van der Waals surface area contributed by atoms with Crippen LogP contribution < -0.4 is 0 Å². The first-order chi connectivity index (χ1) is 5.61. The van der Waals surface area contributed by atoms with Crippen LogP contribution in [0.4, 0.5) is 0 Å². The summed E-state index contributed by atoms with van der Waals surface area (Å²) in [6, 6.07) is 2.34. The molecular weight excluding hydrogens is 378 g/mol. The summed E-state index contributed by atoms with van der Waals surface area (Å²) in [6.07, 6.45) is 1.01. The number of carboxylic acids is 2. The van der Waals surface area contributed by atoms with E-state index in [2.05, 4.69) is 4.98 Å². The number of pyridine rings is 1. The fraction of sp³-hybridized carbons (Fsp3) is 0. The molecule has 0 saturated heterocycles. The summed E-state index contributed by atoms with van der Waals surface area (Å²) in [6.45, 7) is 0. The molecule has 5 nitrogen and oxygen atoms in total. The van der Waals surface area contributed by atoms with E-state index in [4.69, 9.17) is 10.2 Å². The predicted molar refractivity (Wildman–Crippen MR) is 38.2 cm³/mol. The Morgan fingerprint density at radius 3 is 1.93 bits per heavy atom. The van der Waals surface area contributed by atoms with Crippen molar-refractivity contribution in [3.8, 4) is 0 Å². The van der Waals surface area contributed by atoms with Crippen LogP contribution in [0.15, 0.2) is 18.3 Å². The van der Waals surface area contributed by atoms with E-state index in [1.165, 1.54) is 6.07 Å². The molecule has 0 aliphatic heterocycles. The van der Waals surface area contributed by atoms with Crippen LogP contribution in [0.2, 0.25) is 0 Å². The molecule has 2 radical (unpaired) electrons. The molecule has 1 aromatic heterocycles. The molecule has 0 spiro atoms. The Hall–Kier alpha value is -0.429. The number of aromatic carboxylic acids is 2. The Kier molecular flexibility index (Phi) is 7.94. The van der Waals surface area contributed by atoms with E-state index in [-0.39, 0.29) is 56.0 Å². The van der Waals surface area contributed by atoms with Gasteiger partial charge in [-0.15, -0.1) is 0 Å². The molecule has 0 unspecified atom stereocenters. The zero-order chi connectivity index (χ0) is 9.14. The number of carboxylic acid groups (broad SMARTS) is 2. The van der Waals surface area contributed by atoms with Gasteiger partial charge in [0.15, 0.2) is 0 Å². The molecule has 14 heavy (non-hydrogen) atoms. The molecular formula is C7H5Ag2NO4. The van der Waals surface area contributed by atoms with Gasteiger partial charge in [-0.1, -0.05) is 0 Å². The summed E-state index contributed by atoms with van der Waals surface area (Å²) < 4.78 is 0. The number of rotatable bonds is 2. The summed E-state index contributed by atoms with van der Waals surface area (Å²) in [5.74, 6) is -2.30. The van der Waals surface area contributed by atoms with E-state index in [9.17, 15) is 9.59 Å². The zero-order valence-electron chi connectivity index (χ0n) is 6.49. The summed E-state index contributed by atoms with van der Waals surface area (Å²) in [4.78, 5) is 24.0. The van der Waals surface area contributed by atoms with Gasteiger partial charge in [0.05, 0.1) is 5.56 Å². The van der Waals surface area contributed by atoms with Crippen molar-refractivity contribution in [3.63, 3.8) is 0 Å². The van der Waals surface area contributed by atoms with Crippen LogP contribution in [0.5, 0.6) is 0 Å². The fourth-order valence-corrected chi connectivity index (χ4v) is 0.647. The number of nitrogens with zero attached hydrogens (tertiary/aromatic N) is 1. The number of hydrogen-bond acceptors (Lipinski definition) is 3. The zero-order valence-corrected chi connectivity index (χ0v) is 9.46. The van der Waals surface area contributed by atoms with Crippen molar-refractivity contribution < 1.29 is 64.6 Å². The van der Waals surface area contributed by atoms with Gasteiger partial charge >= 0.3 is 11.9 Å². The molecule has 0 bridgehead atoms. The first kappa shape index (κ1) is 16.0. The van der Waals surface area contributed by atoms with Crippen LogP contribution in [0.3, 0.4) is 0 Å². The second-order valence-corrected chi connectivity index (χ2v) is 2.04. The van der Waals surface area contributed by atoms with Crippen LogP contribution >= 0.6 is 0 Å². The number of aromatic nitrogens is 1. The van der Waals surface area contributed by atoms with E-state index in [0.717, 1.165) is 12.3 Å². The van der Waals surface area contributed by atoms with Gasteiger partial charge in [0, 0.05) is 51.0 Å². The van der Waals surface area contributed by atoms with Gasteiger partial charge in [-0.25, -0.2) is 14.6 Å². The van der Waals surface area contributed by atoms with E-state index in [0.29, 0.717) is 0 Å². The fourth-order valence-electron chi connectivity index (χ4n) is 0.647. The second kappa shape index (κ2) is 6.94. The van der Waals surface area contributed by atoms with Crippen molar-refractivity contribution in [1.29, 1.82) is 0 Å². The molecule has 0 fully saturated rings. The van der Waals surface area contributed by atoms with Gasteiger partial charge in [0.25, 0.3) is 0 Å². The average Bonchev–Trinajstić information content (AvgIpc) is 2.04. The summed E-state index contributed by atoms with van der Waals surface area (Å²) in [5, 5.41) is 16.8. The minimum Gasteiger partial charge on any atom is -0.478 e. The second-order valence-electron chi connectivity index (χ2n) is 2.04. The third-order valence-electron chi connectivity index (χ3n) is 1.23. The maximum atomic E-state index is 10.3. The third kappa shape index (κ3) is 4.19. The Morgan fingerprint density at radius 1 is 1.07 bits per heavy atom. The van der Waals surface area contributed by atoms with E-state index in [1.54, 1.807) is 0 Å². The smallest absolute Gasteiger partial charge is 0.354 e. The Labute approximate surface area is 111 Å². The summed E-state index contributed by atoms with van der Waals surface area (Å²) in [7, 11) is 0. The Balaban J connectivity index is 0. The van der Waals surface area contributed by atoms with Crippen LogP contribution in [0.25, 0.3) is 0 Å². The van der Waals surface area contributed by atoms with Crippen LogP contribution in [0.1, 0.15) is 20.8 Å². The molecule has 0 aliphatic carbocycles. The van der Waals surface area contributed by atoms with E-state index < -0.39 is 11.9 Å². The maximum Gasteiger partial charge on any atom is 0.354 e. The monoisotopic (exact) mass is 381 g/mol. The van der Waals surface area contributed by atoms with Crippen LogP contribution in [0, 0.1) is 0 Å². The Bertz CT molecular complexity index is 292. The largest absolute Gasteiger partial charge is 0.478 e. The van der Waals surface area contributed by atoms with E-state index in [1.807, 2.05) is 0 Å². The topological polar surface area (TPSA) is 87.5 Å². The third-order valence-corrected chi connectivity index (χ3v) is 1.23. The molecule has 0 amide bonds. The molecule has 0 atom stereocenters. The maximum absolute atomic E-state index is 10.3. The molecule has 0 saturated carbocycles. The molecule has 84 valence electrons. The minimum absolute atomic E-state index is 0. The van der Waals surface area contributed by atoms with Crippen molar-refractivity contribution >= 4 is 11.9 Å². The van der Waals surface area contributed by atoms with Gasteiger partial charge in [-0.2, -0.15) is 0 Å². The molecule has 2 N–H and O–H groups in total. The van der Waals surface area contributed by atoms with Crippen molar-refractivity contribution in [3.05, 3.63) is 29.6 Å². The molecule has 0 aliphatic rings. The predicted octanol–water partition coefficient (Wildman–Crippen LogP) is 0.473. The molecule has 7 heteroatoms. The van der Waals surface area contributed by atoms with Gasteiger partial charge in [-0.05, 0) is 12.1 Å². The number of hydrogen-bond donors (Lipinski definition) is 2. The normalized spacial score (nSPS) is 8.00. The van der Waals surface area contributed by atoms with Crippen molar-refractivity contribution in [2.45, 2.75) is 0 Å². The van der Waals surface area contributed by atoms with Crippen molar-refractivity contribution in [2.75, 3.05) is 0 Å². The average molecular weight is 383 g/mol. The quantitative estimate of drug-likeness (QED) is 0.726. The van der Waals surface area contributed by atoms with Crippen LogP contribution in [-0.2, 0) is 44.8 Å². The Morgan fingerprint density at radius 2 is 1.64 bits per heavy atom. The van der Waals surface area contributed by atoms with Crippen molar-refractivity contribution in [2.24, 2.45) is 0 Å². The molecule has 0 aromatic carbocycles. The standard InChI is InChI=1S/C7H5NO4.2Ag/c9-6(10)4-1-2-5(7(11)12)8-3-4;;/h1-3H,(H,9,10)(H,11,12);;.